The predicted molar refractivity (Wildman–Crippen MR) is 102 cm³/mol. The van der Waals surface area contributed by atoms with Crippen LogP contribution < -0.4 is 15.1 Å². The number of aromatic nitrogens is 1. The van der Waals surface area contributed by atoms with Gasteiger partial charge in [0.05, 0.1) is 5.69 Å². The first-order chi connectivity index (χ1) is 12.4. The highest BCUT2D eigenvalue weighted by Gasteiger charge is 2.24. The summed E-state index contributed by atoms with van der Waals surface area (Å²) in [4.78, 5) is 20.7. The van der Waals surface area contributed by atoms with Crippen molar-refractivity contribution in [2.75, 3.05) is 37.0 Å². The van der Waals surface area contributed by atoms with E-state index in [0.29, 0.717) is 17.8 Å². The Morgan fingerprint density at radius 3 is 2.88 bits per heavy atom. The van der Waals surface area contributed by atoms with E-state index in [4.69, 9.17) is 0 Å². The van der Waals surface area contributed by atoms with Crippen molar-refractivity contribution in [1.82, 2.24) is 10.3 Å². The lowest BCUT2D eigenvalue weighted by atomic mass is 10.0. The van der Waals surface area contributed by atoms with E-state index in [1.54, 1.807) is 24.4 Å². The zero-order valence-electron chi connectivity index (χ0n) is 15.5. The SMILES string of the molecule is Cc1ccc(F)c(N2CCCC(NC(=O)c3ccnc(N(C)C)c3)C2)c1. The number of halogens is 1. The molecule has 5 nitrogen and oxygen atoms in total. The lowest BCUT2D eigenvalue weighted by Crippen LogP contribution is -2.48. The van der Waals surface area contributed by atoms with E-state index in [-0.39, 0.29) is 17.8 Å². The van der Waals surface area contributed by atoms with Gasteiger partial charge in [0, 0.05) is 45.0 Å². The molecule has 1 atom stereocenters. The summed E-state index contributed by atoms with van der Waals surface area (Å²) in [7, 11) is 3.78. The third-order valence-electron chi connectivity index (χ3n) is 4.66. The topological polar surface area (TPSA) is 48.5 Å². The minimum absolute atomic E-state index is 0.00728. The van der Waals surface area contributed by atoms with Crippen molar-refractivity contribution in [1.29, 1.82) is 0 Å². The quantitative estimate of drug-likeness (QED) is 0.915. The summed E-state index contributed by atoms with van der Waals surface area (Å²) in [6, 6.07) is 8.62. The van der Waals surface area contributed by atoms with E-state index < -0.39 is 0 Å². The van der Waals surface area contributed by atoms with Crippen molar-refractivity contribution in [2.45, 2.75) is 25.8 Å². The second kappa shape index (κ2) is 7.72. The molecule has 1 aliphatic rings. The molecular formula is C20H25FN4O. The van der Waals surface area contributed by atoms with E-state index in [0.717, 1.165) is 30.8 Å². The maximum Gasteiger partial charge on any atom is 0.251 e. The normalized spacial score (nSPS) is 17.1. The van der Waals surface area contributed by atoms with E-state index in [9.17, 15) is 9.18 Å². The fourth-order valence-electron chi connectivity index (χ4n) is 3.25. The number of hydrogen-bond donors (Lipinski definition) is 1. The summed E-state index contributed by atoms with van der Waals surface area (Å²) >= 11 is 0. The zero-order valence-corrected chi connectivity index (χ0v) is 15.5. The Labute approximate surface area is 153 Å². The van der Waals surface area contributed by atoms with Gasteiger partial charge < -0.3 is 15.1 Å². The van der Waals surface area contributed by atoms with E-state index in [1.807, 2.05) is 36.9 Å². The lowest BCUT2D eigenvalue weighted by Gasteiger charge is -2.35. The van der Waals surface area contributed by atoms with Gasteiger partial charge in [-0.25, -0.2) is 9.37 Å². The Morgan fingerprint density at radius 2 is 2.12 bits per heavy atom. The molecule has 0 radical (unpaired) electrons. The molecule has 0 aliphatic carbocycles. The van der Waals surface area contributed by atoms with Crippen LogP contribution in [0.3, 0.4) is 0 Å². The van der Waals surface area contributed by atoms with E-state index in [1.165, 1.54) is 6.07 Å². The molecule has 0 saturated carbocycles. The summed E-state index contributed by atoms with van der Waals surface area (Å²) in [6.07, 6.45) is 3.44. The largest absolute Gasteiger partial charge is 0.367 e. The molecule has 138 valence electrons. The van der Waals surface area contributed by atoms with Gasteiger partial charge in [-0.05, 0) is 49.6 Å². The Hall–Kier alpha value is -2.63. The molecule has 0 spiro atoms. The molecule has 6 heteroatoms. The molecule has 0 bridgehead atoms. The summed E-state index contributed by atoms with van der Waals surface area (Å²) in [5, 5.41) is 3.09. The van der Waals surface area contributed by atoms with Gasteiger partial charge in [-0.2, -0.15) is 0 Å². The van der Waals surface area contributed by atoms with Gasteiger partial charge in [0.2, 0.25) is 0 Å². The predicted octanol–water partition coefficient (Wildman–Crippen LogP) is 2.99. The van der Waals surface area contributed by atoms with Gasteiger partial charge in [-0.15, -0.1) is 0 Å². The van der Waals surface area contributed by atoms with Crippen molar-refractivity contribution >= 4 is 17.4 Å². The average Bonchev–Trinajstić information content (AvgIpc) is 2.64. The molecule has 1 aromatic heterocycles. The second-order valence-electron chi connectivity index (χ2n) is 7.01. The van der Waals surface area contributed by atoms with Crippen molar-refractivity contribution in [3.05, 3.63) is 53.5 Å². The second-order valence-corrected chi connectivity index (χ2v) is 7.01. The molecular weight excluding hydrogens is 331 g/mol. The average molecular weight is 356 g/mol. The standard InChI is InChI=1S/C20H25FN4O/c1-14-6-7-17(21)18(11-14)25-10-4-5-16(13-25)23-20(26)15-8-9-22-19(12-15)24(2)3/h6-9,11-12,16H,4-5,10,13H2,1-3H3,(H,23,26). The molecule has 26 heavy (non-hydrogen) atoms. The van der Waals surface area contributed by atoms with Crippen LogP contribution in [0.1, 0.15) is 28.8 Å². The molecule has 2 heterocycles. The number of aryl methyl sites for hydroxylation is 1. The van der Waals surface area contributed by atoms with Gasteiger partial charge in [-0.1, -0.05) is 6.07 Å². The van der Waals surface area contributed by atoms with Crippen LogP contribution in [0, 0.1) is 12.7 Å². The maximum atomic E-state index is 14.2. The third-order valence-corrected chi connectivity index (χ3v) is 4.66. The van der Waals surface area contributed by atoms with Crippen molar-refractivity contribution in [3.8, 4) is 0 Å². The highest BCUT2D eigenvalue weighted by atomic mass is 19.1. The molecule has 1 amide bonds. The molecule has 1 fully saturated rings. The van der Waals surface area contributed by atoms with Crippen LogP contribution in [0.25, 0.3) is 0 Å². The number of anilines is 2. The first-order valence-electron chi connectivity index (χ1n) is 8.89. The molecule has 1 aliphatic heterocycles. The number of pyridine rings is 1. The van der Waals surface area contributed by atoms with Gasteiger partial charge in [-0.3, -0.25) is 4.79 Å². The molecule has 3 rings (SSSR count). The van der Waals surface area contributed by atoms with Crippen molar-refractivity contribution in [3.63, 3.8) is 0 Å². The molecule has 1 unspecified atom stereocenters. The van der Waals surface area contributed by atoms with Crippen LogP contribution in [0.4, 0.5) is 15.9 Å². The monoisotopic (exact) mass is 356 g/mol. The molecule has 2 aromatic rings. The van der Waals surface area contributed by atoms with Crippen LogP contribution in [-0.4, -0.2) is 44.1 Å². The highest BCUT2D eigenvalue weighted by Crippen LogP contribution is 2.24. The van der Waals surface area contributed by atoms with Crippen LogP contribution in [0.5, 0.6) is 0 Å². The number of carbonyl (C=O) groups excluding carboxylic acids is 1. The lowest BCUT2D eigenvalue weighted by molar-refractivity contribution is 0.0933. The molecule has 1 N–H and O–H groups in total. The summed E-state index contributed by atoms with van der Waals surface area (Å²) in [5.41, 5.74) is 2.23. The number of amides is 1. The fourth-order valence-corrected chi connectivity index (χ4v) is 3.25. The number of rotatable bonds is 4. The Bertz CT molecular complexity index is 793. The number of nitrogens with one attached hydrogen (secondary N) is 1. The number of hydrogen-bond acceptors (Lipinski definition) is 4. The van der Waals surface area contributed by atoms with Crippen LogP contribution in [0.2, 0.25) is 0 Å². The summed E-state index contributed by atoms with van der Waals surface area (Å²) in [6.45, 7) is 3.36. The number of benzene rings is 1. The minimum atomic E-state index is -0.215. The molecule has 1 aromatic carbocycles. The van der Waals surface area contributed by atoms with Crippen LogP contribution in [0.15, 0.2) is 36.5 Å². The van der Waals surface area contributed by atoms with Gasteiger partial charge >= 0.3 is 0 Å². The summed E-state index contributed by atoms with van der Waals surface area (Å²) < 4.78 is 14.2. The van der Waals surface area contributed by atoms with Gasteiger partial charge in [0.15, 0.2) is 0 Å². The van der Waals surface area contributed by atoms with Gasteiger partial charge in [0.1, 0.15) is 11.6 Å². The third kappa shape index (κ3) is 4.12. The first-order valence-corrected chi connectivity index (χ1v) is 8.89. The number of nitrogens with zero attached hydrogens (tertiary/aromatic N) is 3. The highest BCUT2D eigenvalue weighted by molar-refractivity contribution is 5.95. The van der Waals surface area contributed by atoms with Gasteiger partial charge in [0.25, 0.3) is 5.91 Å². The van der Waals surface area contributed by atoms with Crippen LogP contribution >= 0.6 is 0 Å². The number of carbonyl (C=O) groups is 1. The Morgan fingerprint density at radius 1 is 1.31 bits per heavy atom. The first kappa shape index (κ1) is 18.2. The number of piperidine rings is 1. The Balaban J connectivity index is 1.69. The minimum Gasteiger partial charge on any atom is -0.367 e. The van der Waals surface area contributed by atoms with E-state index in [2.05, 4.69) is 10.3 Å². The summed E-state index contributed by atoms with van der Waals surface area (Å²) in [5.74, 6) is 0.407. The maximum absolute atomic E-state index is 14.2. The molecule has 1 saturated heterocycles. The Kier molecular flexibility index (Phi) is 5.40. The van der Waals surface area contributed by atoms with Crippen molar-refractivity contribution < 1.29 is 9.18 Å². The fraction of sp³-hybridized carbons (Fsp3) is 0.400. The zero-order chi connectivity index (χ0) is 18.7. The van der Waals surface area contributed by atoms with E-state index >= 15 is 0 Å². The van der Waals surface area contributed by atoms with Crippen molar-refractivity contribution in [2.24, 2.45) is 0 Å². The smallest absolute Gasteiger partial charge is 0.251 e. The van der Waals surface area contributed by atoms with Crippen LogP contribution in [-0.2, 0) is 0 Å².